The molecular formula is C10H22N2O2S. The molecule has 5 heteroatoms. The maximum atomic E-state index is 11.3. The average Bonchev–Trinajstić information content (AvgIpc) is 2.10. The highest BCUT2D eigenvalue weighted by atomic mass is 32.2. The van der Waals surface area contributed by atoms with Crippen molar-refractivity contribution in [1.82, 2.24) is 10.6 Å². The van der Waals surface area contributed by atoms with Crippen molar-refractivity contribution in [3.05, 3.63) is 0 Å². The van der Waals surface area contributed by atoms with Gasteiger partial charge in [0.1, 0.15) is 0 Å². The first-order valence-electron chi connectivity index (χ1n) is 5.64. The predicted molar refractivity (Wildman–Crippen MR) is 62.8 cm³/mol. The van der Waals surface area contributed by atoms with E-state index in [4.69, 9.17) is 0 Å². The van der Waals surface area contributed by atoms with Crippen LogP contribution in [0.3, 0.4) is 0 Å². The molecule has 1 unspecified atom stereocenters. The van der Waals surface area contributed by atoms with E-state index in [1.807, 2.05) is 0 Å². The number of rotatable bonds is 5. The molecule has 0 aromatic carbocycles. The van der Waals surface area contributed by atoms with Gasteiger partial charge < -0.3 is 10.6 Å². The summed E-state index contributed by atoms with van der Waals surface area (Å²) in [6.45, 7) is 6.83. The smallest absolute Gasteiger partial charge is 0.153 e. The van der Waals surface area contributed by atoms with Crippen molar-refractivity contribution in [2.24, 2.45) is 5.92 Å². The van der Waals surface area contributed by atoms with E-state index < -0.39 is 9.84 Å². The van der Waals surface area contributed by atoms with E-state index in [0.717, 1.165) is 19.5 Å². The summed E-state index contributed by atoms with van der Waals surface area (Å²) in [7, 11) is -2.78. The monoisotopic (exact) mass is 234 g/mol. The summed E-state index contributed by atoms with van der Waals surface area (Å²) in [6.07, 6.45) is 0.895. The first kappa shape index (κ1) is 12.9. The molecule has 1 atom stereocenters. The van der Waals surface area contributed by atoms with Gasteiger partial charge in [-0.3, -0.25) is 0 Å². The third kappa shape index (κ3) is 5.49. The van der Waals surface area contributed by atoms with Gasteiger partial charge in [0.05, 0.1) is 11.5 Å². The topological polar surface area (TPSA) is 58.2 Å². The Morgan fingerprint density at radius 1 is 1.47 bits per heavy atom. The van der Waals surface area contributed by atoms with Crippen molar-refractivity contribution in [3.8, 4) is 0 Å². The molecule has 4 nitrogen and oxygen atoms in total. The normalized spacial score (nSPS) is 25.7. The lowest BCUT2D eigenvalue weighted by Gasteiger charge is -2.23. The van der Waals surface area contributed by atoms with Crippen molar-refractivity contribution >= 4 is 9.84 Å². The highest BCUT2D eigenvalue weighted by molar-refractivity contribution is 7.91. The molecule has 2 N–H and O–H groups in total. The van der Waals surface area contributed by atoms with E-state index in [-0.39, 0.29) is 6.04 Å². The molecule has 0 bridgehead atoms. The summed E-state index contributed by atoms with van der Waals surface area (Å²) >= 11 is 0. The van der Waals surface area contributed by atoms with Gasteiger partial charge in [-0.1, -0.05) is 13.8 Å². The molecule has 0 amide bonds. The standard InChI is InChI=1S/C10H22N2O2S/c1-9(2)7-11-4-3-10-8-15(13,14)6-5-12-10/h9-12H,3-8H2,1-2H3. The molecule has 15 heavy (non-hydrogen) atoms. The van der Waals surface area contributed by atoms with Crippen LogP contribution in [0.25, 0.3) is 0 Å². The Hall–Kier alpha value is -0.130. The summed E-state index contributed by atoms with van der Waals surface area (Å²) in [4.78, 5) is 0. The van der Waals surface area contributed by atoms with Gasteiger partial charge >= 0.3 is 0 Å². The molecule has 0 aromatic rings. The van der Waals surface area contributed by atoms with E-state index in [9.17, 15) is 8.42 Å². The molecule has 0 spiro atoms. The Morgan fingerprint density at radius 3 is 2.80 bits per heavy atom. The Balaban J connectivity index is 2.16. The third-order valence-electron chi connectivity index (χ3n) is 2.52. The second-order valence-corrected chi connectivity index (χ2v) is 6.88. The minimum Gasteiger partial charge on any atom is -0.316 e. The third-order valence-corrected chi connectivity index (χ3v) is 4.26. The molecular weight excluding hydrogens is 212 g/mol. The van der Waals surface area contributed by atoms with Crippen LogP contribution in [-0.4, -0.2) is 45.6 Å². The molecule has 1 aliphatic rings. The Morgan fingerprint density at radius 2 is 2.20 bits per heavy atom. The maximum Gasteiger partial charge on any atom is 0.153 e. The molecule has 1 fully saturated rings. The summed E-state index contributed by atoms with van der Waals surface area (Å²) < 4.78 is 22.7. The van der Waals surface area contributed by atoms with Crippen molar-refractivity contribution in [1.29, 1.82) is 0 Å². The van der Waals surface area contributed by atoms with Crippen LogP contribution in [0.5, 0.6) is 0 Å². The van der Waals surface area contributed by atoms with Crippen LogP contribution in [0.2, 0.25) is 0 Å². The largest absolute Gasteiger partial charge is 0.316 e. The van der Waals surface area contributed by atoms with Crippen LogP contribution in [0, 0.1) is 5.92 Å². The molecule has 1 aliphatic heterocycles. The first-order valence-corrected chi connectivity index (χ1v) is 7.46. The second kappa shape index (κ2) is 5.82. The Bertz CT molecular complexity index is 275. The molecule has 0 radical (unpaired) electrons. The van der Waals surface area contributed by atoms with Crippen LogP contribution in [-0.2, 0) is 9.84 Å². The Labute approximate surface area is 92.7 Å². The lowest BCUT2D eigenvalue weighted by atomic mass is 10.2. The van der Waals surface area contributed by atoms with Crippen molar-refractivity contribution < 1.29 is 8.42 Å². The first-order chi connectivity index (χ1) is 6.99. The average molecular weight is 234 g/mol. The minimum atomic E-state index is -2.78. The molecule has 1 heterocycles. The predicted octanol–water partition coefficient (Wildman–Crippen LogP) is 0.00870. The van der Waals surface area contributed by atoms with Gasteiger partial charge in [-0.15, -0.1) is 0 Å². The fraction of sp³-hybridized carbons (Fsp3) is 1.00. The van der Waals surface area contributed by atoms with Gasteiger partial charge in [-0.25, -0.2) is 8.42 Å². The summed E-state index contributed by atoms with van der Waals surface area (Å²) in [6, 6.07) is 0.142. The van der Waals surface area contributed by atoms with Crippen molar-refractivity contribution in [2.75, 3.05) is 31.1 Å². The lowest BCUT2D eigenvalue weighted by molar-refractivity contribution is 0.465. The van der Waals surface area contributed by atoms with Gasteiger partial charge in [-0.2, -0.15) is 0 Å². The zero-order valence-corrected chi connectivity index (χ0v) is 10.4. The van der Waals surface area contributed by atoms with Crippen molar-refractivity contribution in [3.63, 3.8) is 0 Å². The van der Waals surface area contributed by atoms with E-state index in [1.165, 1.54) is 0 Å². The van der Waals surface area contributed by atoms with Crippen LogP contribution in [0.1, 0.15) is 20.3 Å². The van der Waals surface area contributed by atoms with Crippen LogP contribution in [0.4, 0.5) is 0 Å². The highest BCUT2D eigenvalue weighted by Gasteiger charge is 2.23. The maximum absolute atomic E-state index is 11.3. The number of sulfone groups is 1. The fourth-order valence-corrected chi connectivity index (χ4v) is 3.21. The summed E-state index contributed by atoms with van der Waals surface area (Å²) in [5, 5.41) is 6.57. The van der Waals surface area contributed by atoms with E-state index in [0.29, 0.717) is 24.0 Å². The van der Waals surface area contributed by atoms with Gasteiger partial charge in [0.2, 0.25) is 0 Å². The SMILES string of the molecule is CC(C)CNCCC1CS(=O)(=O)CCN1. The van der Waals surface area contributed by atoms with E-state index in [2.05, 4.69) is 24.5 Å². The quantitative estimate of drug-likeness (QED) is 0.658. The highest BCUT2D eigenvalue weighted by Crippen LogP contribution is 2.04. The van der Waals surface area contributed by atoms with Crippen LogP contribution >= 0.6 is 0 Å². The van der Waals surface area contributed by atoms with Gasteiger partial charge in [0.15, 0.2) is 9.84 Å². The van der Waals surface area contributed by atoms with Gasteiger partial charge in [-0.05, 0) is 25.4 Å². The minimum absolute atomic E-state index is 0.142. The number of hydrogen-bond acceptors (Lipinski definition) is 4. The van der Waals surface area contributed by atoms with Crippen molar-refractivity contribution in [2.45, 2.75) is 26.3 Å². The molecule has 0 aromatic heterocycles. The molecule has 0 saturated carbocycles. The van der Waals surface area contributed by atoms with Gasteiger partial charge in [0, 0.05) is 12.6 Å². The number of hydrogen-bond donors (Lipinski definition) is 2. The second-order valence-electron chi connectivity index (χ2n) is 4.65. The fourth-order valence-electron chi connectivity index (χ4n) is 1.72. The Kier molecular flexibility index (Phi) is 5.02. The zero-order chi connectivity index (χ0) is 11.3. The van der Waals surface area contributed by atoms with E-state index in [1.54, 1.807) is 0 Å². The summed E-state index contributed by atoms with van der Waals surface area (Å²) in [5.41, 5.74) is 0. The van der Waals surface area contributed by atoms with Crippen LogP contribution in [0.15, 0.2) is 0 Å². The summed E-state index contributed by atoms with van der Waals surface area (Å²) in [5.74, 6) is 1.24. The lowest BCUT2D eigenvalue weighted by Crippen LogP contribution is -2.46. The van der Waals surface area contributed by atoms with Gasteiger partial charge in [0.25, 0.3) is 0 Å². The molecule has 0 aliphatic carbocycles. The molecule has 90 valence electrons. The number of nitrogens with one attached hydrogen (secondary N) is 2. The zero-order valence-electron chi connectivity index (χ0n) is 9.62. The van der Waals surface area contributed by atoms with Crippen LogP contribution < -0.4 is 10.6 Å². The van der Waals surface area contributed by atoms with E-state index >= 15 is 0 Å². The molecule has 1 rings (SSSR count). The molecule has 1 saturated heterocycles.